The summed E-state index contributed by atoms with van der Waals surface area (Å²) in [5.41, 5.74) is 1.67. The Morgan fingerprint density at radius 2 is 1.74 bits per heavy atom. The quantitative estimate of drug-likeness (QED) is 0.376. The minimum atomic E-state index is -0.750. The van der Waals surface area contributed by atoms with Gasteiger partial charge >= 0.3 is 6.03 Å². The van der Waals surface area contributed by atoms with Gasteiger partial charge in [-0.05, 0) is 61.4 Å². The molecule has 9 heteroatoms. The minimum Gasteiger partial charge on any atom is -0.453 e. The van der Waals surface area contributed by atoms with Gasteiger partial charge in [0.1, 0.15) is 5.75 Å². The van der Waals surface area contributed by atoms with E-state index in [2.05, 4.69) is 26.6 Å². The van der Waals surface area contributed by atoms with Gasteiger partial charge in [0.05, 0.1) is 15.6 Å². The number of halogens is 4. The zero-order valence-corrected chi connectivity index (χ0v) is 19.5. The van der Waals surface area contributed by atoms with E-state index in [1.54, 1.807) is 44.2 Å². The molecular formula is C22H16BrCl2FN2O3. The van der Waals surface area contributed by atoms with Crippen molar-refractivity contribution in [3.8, 4) is 11.5 Å². The fourth-order valence-electron chi connectivity index (χ4n) is 2.83. The summed E-state index contributed by atoms with van der Waals surface area (Å²) in [6, 6.07) is 11.6. The van der Waals surface area contributed by atoms with Crippen molar-refractivity contribution in [3.63, 3.8) is 0 Å². The van der Waals surface area contributed by atoms with Crippen molar-refractivity contribution in [2.24, 2.45) is 0 Å². The highest BCUT2D eigenvalue weighted by Crippen LogP contribution is 2.39. The van der Waals surface area contributed by atoms with E-state index in [9.17, 15) is 14.0 Å². The van der Waals surface area contributed by atoms with Crippen molar-refractivity contribution >= 4 is 56.8 Å². The van der Waals surface area contributed by atoms with Gasteiger partial charge in [0.25, 0.3) is 5.91 Å². The Labute approximate surface area is 196 Å². The fraction of sp³-hybridized carbons (Fsp3) is 0.0909. The first-order chi connectivity index (χ1) is 14.7. The Kier molecular flexibility index (Phi) is 7.20. The monoisotopic (exact) mass is 524 g/mol. The van der Waals surface area contributed by atoms with E-state index in [1.165, 1.54) is 18.2 Å². The standard InChI is InChI=1S/C22H16BrCl2FN2O3/c1-11-9-18(31-17-8-7-13(23)10-16(17)26)19(25)12(2)20(11)27-22(30)28-21(29)14-5-3-4-6-15(14)24/h3-10H,1-2H3,(H2,27,28,29,30). The third-order valence-electron chi connectivity index (χ3n) is 4.36. The molecular weight excluding hydrogens is 510 g/mol. The molecule has 0 radical (unpaired) electrons. The molecule has 160 valence electrons. The molecule has 0 heterocycles. The zero-order chi connectivity index (χ0) is 22.7. The van der Waals surface area contributed by atoms with Crippen molar-refractivity contribution in [1.29, 1.82) is 0 Å². The molecule has 0 aliphatic heterocycles. The Balaban J connectivity index is 1.79. The second-order valence-electron chi connectivity index (χ2n) is 6.57. The lowest BCUT2D eigenvalue weighted by Crippen LogP contribution is -2.34. The van der Waals surface area contributed by atoms with E-state index in [-0.39, 0.29) is 27.1 Å². The minimum absolute atomic E-state index is 0.00712. The molecule has 3 aromatic rings. The third kappa shape index (κ3) is 5.36. The van der Waals surface area contributed by atoms with Gasteiger partial charge in [-0.15, -0.1) is 0 Å². The van der Waals surface area contributed by atoms with Crippen molar-refractivity contribution in [3.05, 3.63) is 85.6 Å². The topological polar surface area (TPSA) is 67.4 Å². The van der Waals surface area contributed by atoms with Crippen LogP contribution >= 0.6 is 39.1 Å². The van der Waals surface area contributed by atoms with Crippen LogP contribution < -0.4 is 15.4 Å². The first-order valence-corrected chi connectivity index (χ1v) is 10.5. The SMILES string of the molecule is Cc1cc(Oc2ccc(Br)cc2F)c(Cl)c(C)c1NC(=O)NC(=O)c1ccccc1Cl. The lowest BCUT2D eigenvalue weighted by Gasteiger charge is -2.17. The summed E-state index contributed by atoms with van der Waals surface area (Å²) in [6.07, 6.45) is 0. The second kappa shape index (κ2) is 9.68. The Hall–Kier alpha value is -2.61. The van der Waals surface area contributed by atoms with Crippen LogP contribution in [-0.2, 0) is 0 Å². The summed E-state index contributed by atoms with van der Waals surface area (Å²) in [7, 11) is 0. The van der Waals surface area contributed by atoms with E-state index >= 15 is 0 Å². The summed E-state index contributed by atoms with van der Waals surface area (Å²) in [6.45, 7) is 3.39. The first-order valence-electron chi connectivity index (χ1n) is 8.97. The summed E-state index contributed by atoms with van der Waals surface area (Å²) < 4.78 is 20.3. The fourth-order valence-corrected chi connectivity index (χ4v) is 3.57. The predicted molar refractivity (Wildman–Crippen MR) is 123 cm³/mol. The van der Waals surface area contributed by atoms with E-state index in [0.29, 0.717) is 21.3 Å². The van der Waals surface area contributed by atoms with Crippen LogP contribution in [0.25, 0.3) is 0 Å². The molecule has 0 aromatic heterocycles. The number of carbonyl (C=O) groups excluding carboxylic acids is 2. The van der Waals surface area contributed by atoms with Crippen LogP contribution in [0.5, 0.6) is 11.5 Å². The predicted octanol–water partition coefficient (Wildman–Crippen LogP) is 7.27. The highest BCUT2D eigenvalue weighted by atomic mass is 79.9. The molecule has 0 saturated carbocycles. The van der Waals surface area contributed by atoms with Crippen molar-refractivity contribution in [2.75, 3.05) is 5.32 Å². The smallest absolute Gasteiger partial charge is 0.326 e. The number of ether oxygens (including phenoxy) is 1. The van der Waals surface area contributed by atoms with Crippen molar-refractivity contribution < 1.29 is 18.7 Å². The van der Waals surface area contributed by atoms with Gasteiger partial charge in [0.2, 0.25) is 0 Å². The number of anilines is 1. The van der Waals surface area contributed by atoms with Crippen LogP contribution in [0.1, 0.15) is 21.5 Å². The van der Waals surface area contributed by atoms with Gasteiger partial charge < -0.3 is 10.1 Å². The highest BCUT2D eigenvalue weighted by molar-refractivity contribution is 9.10. The molecule has 0 aliphatic rings. The normalized spacial score (nSPS) is 10.5. The van der Waals surface area contributed by atoms with Crippen LogP contribution in [-0.4, -0.2) is 11.9 Å². The van der Waals surface area contributed by atoms with Gasteiger partial charge in [-0.25, -0.2) is 9.18 Å². The van der Waals surface area contributed by atoms with Gasteiger partial charge in [-0.3, -0.25) is 10.1 Å². The molecule has 0 spiro atoms. The average Bonchev–Trinajstić information content (AvgIpc) is 2.71. The molecule has 0 bridgehead atoms. The molecule has 0 unspecified atom stereocenters. The number of hydrogen-bond donors (Lipinski definition) is 2. The molecule has 3 rings (SSSR count). The van der Waals surface area contributed by atoms with Gasteiger partial charge in [-0.2, -0.15) is 0 Å². The average molecular weight is 526 g/mol. The maximum atomic E-state index is 14.1. The Bertz CT molecular complexity index is 1190. The first kappa shape index (κ1) is 23.1. The molecule has 0 atom stereocenters. The molecule has 2 N–H and O–H groups in total. The van der Waals surface area contributed by atoms with E-state index in [4.69, 9.17) is 27.9 Å². The number of carbonyl (C=O) groups is 2. The third-order valence-corrected chi connectivity index (χ3v) is 5.65. The molecule has 0 aliphatic carbocycles. The number of aryl methyl sites for hydroxylation is 1. The van der Waals surface area contributed by atoms with Crippen LogP contribution in [0.15, 0.2) is 53.0 Å². The van der Waals surface area contributed by atoms with Crippen molar-refractivity contribution in [2.45, 2.75) is 13.8 Å². The lowest BCUT2D eigenvalue weighted by molar-refractivity contribution is 0.0967. The highest BCUT2D eigenvalue weighted by Gasteiger charge is 2.18. The van der Waals surface area contributed by atoms with Gasteiger partial charge in [0, 0.05) is 10.2 Å². The number of rotatable bonds is 4. The number of urea groups is 1. The number of hydrogen-bond acceptors (Lipinski definition) is 3. The molecule has 3 aromatic carbocycles. The van der Waals surface area contributed by atoms with Crippen LogP contribution in [0.3, 0.4) is 0 Å². The lowest BCUT2D eigenvalue weighted by atomic mass is 10.1. The largest absolute Gasteiger partial charge is 0.453 e. The van der Waals surface area contributed by atoms with Gasteiger partial charge in [0.15, 0.2) is 11.6 Å². The molecule has 0 fully saturated rings. The van der Waals surface area contributed by atoms with E-state index in [1.807, 2.05) is 0 Å². The second-order valence-corrected chi connectivity index (χ2v) is 8.27. The van der Waals surface area contributed by atoms with Crippen LogP contribution in [0.4, 0.5) is 14.9 Å². The summed E-state index contributed by atoms with van der Waals surface area (Å²) in [5, 5.41) is 5.26. The van der Waals surface area contributed by atoms with E-state index in [0.717, 1.165) is 0 Å². The zero-order valence-electron chi connectivity index (χ0n) is 16.4. The van der Waals surface area contributed by atoms with Gasteiger partial charge in [-0.1, -0.05) is 51.3 Å². The molecule has 0 saturated heterocycles. The number of nitrogens with one attached hydrogen (secondary N) is 2. The maximum absolute atomic E-state index is 14.1. The van der Waals surface area contributed by atoms with E-state index < -0.39 is 17.8 Å². The van der Waals surface area contributed by atoms with Crippen LogP contribution in [0.2, 0.25) is 10.0 Å². The molecule has 31 heavy (non-hydrogen) atoms. The maximum Gasteiger partial charge on any atom is 0.326 e. The molecule has 5 nitrogen and oxygen atoms in total. The number of benzene rings is 3. The van der Waals surface area contributed by atoms with Crippen molar-refractivity contribution in [1.82, 2.24) is 5.32 Å². The van der Waals surface area contributed by atoms with Crippen LogP contribution in [0, 0.1) is 19.7 Å². The Morgan fingerprint density at radius 3 is 2.42 bits per heavy atom. The number of amides is 3. The molecule has 3 amide bonds. The summed E-state index contributed by atoms with van der Waals surface area (Å²) >= 11 is 15.6. The summed E-state index contributed by atoms with van der Waals surface area (Å²) in [4.78, 5) is 24.6. The Morgan fingerprint density at radius 1 is 1.03 bits per heavy atom. The summed E-state index contributed by atoms with van der Waals surface area (Å²) in [5.74, 6) is -0.959. The number of imide groups is 1.